The molecule has 5 heterocycles. The highest BCUT2D eigenvalue weighted by Crippen LogP contribution is 2.39. The van der Waals surface area contributed by atoms with Crippen molar-refractivity contribution in [1.82, 2.24) is 24.6 Å². The van der Waals surface area contributed by atoms with E-state index in [1.165, 1.54) is 10.3 Å². The number of carboxylic acids is 1. The molecule has 10 heteroatoms. The van der Waals surface area contributed by atoms with Gasteiger partial charge in [-0.15, -0.1) is 11.3 Å². The minimum absolute atomic E-state index is 0.272. The first-order valence-electron chi connectivity index (χ1n) is 13.1. The number of likely N-dealkylation sites (tertiary alicyclic amines) is 2. The van der Waals surface area contributed by atoms with Crippen molar-refractivity contribution in [2.45, 2.75) is 64.6 Å². The molecule has 1 aromatic carbocycles. The van der Waals surface area contributed by atoms with Crippen molar-refractivity contribution >= 4 is 33.5 Å². The maximum absolute atomic E-state index is 11.6. The molecule has 3 aromatic rings. The van der Waals surface area contributed by atoms with Crippen molar-refractivity contribution in [2.75, 3.05) is 26.2 Å². The molecule has 1 N–H and O–H groups in total. The smallest absolute Gasteiger partial charge is 0.309 e. The second kappa shape index (κ2) is 9.09. The summed E-state index contributed by atoms with van der Waals surface area (Å²) in [6.07, 6.45) is 2.05. The highest BCUT2D eigenvalue weighted by atomic mass is 32.1. The molecule has 9 nitrogen and oxygen atoms in total. The Morgan fingerprint density at radius 2 is 1.89 bits per heavy atom. The quantitative estimate of drug-likeness (QED) is 0.520. The van der Waals surface area contributed by atoms with Crippen LogP contribution >= 0.6 is 11.3 Å². The van der Waals surface area contributed by atoms with Crippen molar-refractivity contribution in [3.63, 3.8) is 0 Å². The first-order chi connectivity index (χ1) is 17.7. The molecule has 1 spiro atoms. The van der Waals surface area contributed by atoms with E-state index in [0.717, 1.165) is 48.2 Å². The first-order valence-corrected chi connectivity index (χ1v) is 13.9. The van der Waals surface area contributed by atoms with Crippen LogP contribution in [0.5, 0.6) is 0 Å². The number of hydrogen-bond donors (Lipinski definition) is 1. The molecular formula is C27H34N6O3S. The van der Waals surface area contributed by atoms with Gasteiger partial charge in [0.15, 0.2) is 11.2 Å². The van der Waals surface area contributed by atoms with Crippen molar-refractivity contribution in [2.24, 2.45) is 10.6 Å². The van der Waals surface area contributed by atoms with Crippen LogP contribution in [0.2, 0.25) is 0 Å². The number of amidine groups is 1. The highest BCUT2D eigenvalue weighted by molar-refractivity contribution is 7.18. The number of aliphatic carboxylic acids is 1. The average molecular weight is 523 g/mol. The third kappa shape index (κ3) is 4.50. The lowest BCUT2D eigenvalue weighted by Gasteiger charge is -2.45. The van der Waals surface area contributed by atoms with Crippen LogP contribution in [0.25, 0.3) is 10.3 Å². The summed E-state index contributed by atoms with van der Waals surface area (Å²) in [6, 6.07) is 10.4. The number of aromatic nitrogens is 3. The monoisotopic (exact) mass is 522 g/mol. The number of fused-ring (bicyclic) bond motifs is 1. The number of nitrogens with zero attached hydrogens (tertiary/aromatic N) is 6. The van der Waals surface area contributed by atoms with Gasteiger partial charge in [0.05, 0.1) is 33.8 Å². The number of thiazole rings is 1. The lowest BCUT2D eigenvalue weighted by atomic mass is 9.80. The van der Waals surface area contributed by atoms with Gasteiger partial charge in [-0.2, -0.15) is 5.10 Å². The van der Waals surface area contributed by atoms with Crippen LogP contribution in [0.15, 0.2) is 35.5 Å². The van der Waals surface area contributed by atoms with Crippen molar-refractivity contribution in [3.8, 4) is 0 Å². The standard InChI is InChI=1S/C27H34N6O3S/c1-18(2)24-28-23-22(37-24)20(29-33(23)14-19-7-5-4-6-8-19)15-31-16-27(17-31)13-21(30-36-27)32-11-9-26(3,10-12-32)25(34)35/h4-8,18H,9-17H2,1-3H3,(H,34,35). The van der Waals surface area contributed by atoms with Crippen LogP contribution in [-0.4, -0.2) is 73.3 Å². The Bertz CT molecular complexity index is 1330. The molecule has 0 radical (unpaired) electrons. The third-order valence-corrected chi connectivity index (χ3v) is 9.41. The maximum atomic E-state index is 11.6. The average Bonchev–Trinajstić information content (AvgIpc) is 3.56. The van der Waals surface area contributed by atoms with E-state index in [4.69, 9.17) is 14.9 Å². The molecular weight excluding hydrogens is 488 g/mol. The van der Waals surface area contributed by atoms with Gasteiger partial charge in [0, 0.05) is 38.6 Å². The SMILES string of the molecule is CC(C)c1nc2c(s1)c(CN1CC3(CC(N4CCC(C)(C(=O)O)CC4)=NO3)C1)nn2Cc1ccccc1. The lowest BCUT2D eigenvalue weighted by Crippen LogP contribution is -2.61. The summed E-state index contributed by atoms with van der Waals surface area (Å²) in [7, 11) is 0. The van der Waals surface area contributed by atoms with Crippen LogP contribution in [0.3, 0.4) is 0 Å². The number of hydrogen-bond acceptors (Lipinski definition) is 8. The summed E-state index contributed by atoms with van der Waals surface area (Å²) in [5.74, 6) is 0.642. The Balaban J connectivity index is 1.11. The van der Waals surface area contributed by atoms with Crippen molar-refractivity contribution in [1.29, 1.82) is 0 Å². The molecule has 2 aromatic heterocycles. The van der Waals surface area contributed by atoms with E-state index >= 15 is 0 Å². The maximum Gasteiger partial charge on any atom is 0.309 e. The van der Waals surface area contributed by atoms with Gasteiger partial charge in [0.1, 0.15) is 5.84 Å². The molecule has 2 fully saturated rings. The molecule has 6 rings (SSSR count). The third-order valence-electron chi connectivity index (χ3n) is 8.01. The highest BCUT2D eigenvalue weighted by Gasteiger charge is 2.51. The molecule has 0 aliphatic carbocycles. The van der Waals surface area contributed by atoms with Gasteiger partial charge in [0.25, 0.3) is 0 Å². The van der Waals surface area contributed by atoms with Gasteiger partial charge in [-0.25, -0.2) is 9.67 Å². The largest absolute Gasteiger partial charge is 0.481 e. The summed E-state index contributed by atoms with van der Waals surface area (Å²) in [5.41, 5.74) is 2.36. The Labute approximate surface area is 220 Å². The molecule has 2 saturated heterocycles. The fourth-order valence-electron chi connectivity index (χ4n) is 5.55. The molecule has 0 amide bonds. The predicted octanol–water partition coefficient (Wildman–Crippen LogP) is 4.14. The molecule has 0 bridgehead atoms. The van der Waals surface area contributed by atoms with Gasteiger partial charge in [-0.05, 0) is 25.3 Å². The Kier molecular flexibility index (Phi) is 5.99. The Morgan fingerprint density at radius 3 is 2.57 bits per heavy atom. The number of oxime groups is 1. The predicted molar refractivity (Wildman–Crippen MR) is 143 cm³/mol. The fourth-order valence-corrected chi connectivity index (χ4v) is 6.59. The summed E-state index contributed by atoms with van der Waals surface area (Å²) in [4.78, 5) is 27.1. The van der Waals surface area contributed by atoms with E-state index in [1.807, 2.05) is 17.7 Å². The molecule has 196 valence electrons. The van der Waals surface area contributed by atoms with E-state index in [2.05, 4.69) is 53.1 Å². The van der Waals surface area contributed by atoms with E-state index in [9.17, 15) is 9.90 Å². The second-order valence-corrected chi connectivity index (χ2v) is 12.4. The zero-order chi connectivity index (χ0) is 25.8. The molecule has 3 aliphatic heterocycles. The number of benzene rings is 1. The van der Waals surface area contributed by atoms with Crippen molar-refractivity contribution < 1.29 is 14.7 Å². The summed E-state index contributed by atoms with van der Waals surface area (Å²) in [5, 5.41) is 20.1. The minimum atomic E-state index is -0.704. The van der Waals surface area contributed by atoms with E-state index in [1.54, 1.807) is 11.3 Å². The normalized spacial score (nSPS) is 20.9. The topological polar surface area (TPSA) is 96.1 Å². The second-order valence-electron chi connectivity index (χ2n) is 11.4. The van der Waals surface area contributed by atoms with Crippen LogP contribution in [0.4, 0.5) is 0 Å². The van der Waals surface area contributed by atoms with E-state index < -0.39 is 11.4 Å². The lowest BCUT2D eigenvalue weighted by molar-refractivity contribution is -0.150. The fraction of sp³-hybridized carbons (Fsp3) is 0.556. The van der Waals surface area contributed by atoms with E-state index in [0.29, 0.717) is 38.4 Å². The van der Waals surface area contributed by atoms with Gasteiger partial charge >= 0.3 is 5.97 Å². The zero-order valence-electron chi connectivity index (χ0n) is 21.7. The number of carboxylic acid groups (broad SMARTS) is 1. The Morgan fingerprint density at radius 1 is 1.16 bits per heavy atom. The first kappa shape index (κ1) is 24.4. The summed E-state index contributed by atoms with van der Waals surface area (Å²) in [6.45, 7) is 10.7. The zero-order valence-corrected chi connectivity index (χ0v) is 22.5. The van der Waals surface area contributed by atoms with Crippen LogP contribution in [-0.2, 0) is 22.7 Å². The molecule has 0 saturated carbocycles. The Hall–Kier alpha value is -2.98. The van der Waals surface area contributed by atoms with Gasteiger partial charge in [0.2, 0.25) is 0 Å². The summed E-state index contributed by atoms with van der Waals surface area (Å²) < 4.78 is 3.23. The molecule has 3 aliphatic rings. The molecule has 0 atom stereocenters. The minimum Gasteiger partial charge on any atom is -0.481 e. The number of rotatable bonds is 6. The van der Waals surface area contributed by atoms with Gasteiger partial charge in [-0.1, -0.05) is 49.3 Å². The van der Waals surface area contributed by atoms with Crippen LogP contribution in [0, 0.1) is 5.41 Å². The van der Waals surface area contributed by atoms with E-state index in [-0.39, 0.29) is 5.60 Å². The summed E-state index contributed by atoms with van der Waals surface area (Å²) >= 11 is 1.76. The van der Waals surface area contributed by atoms with Crippen LogP contribution < -0.4 is 0 Å². The van der Waals surface area contributed by atoms with Gasteiger partial charge in [-0.3, -0.25) is 9.69 Å². The van der Waals surface area contributed by atoms with Gasteiger partial charge < -0.3 is 14.8 Å². The number of carbonyl (C=O) groups is 1. The van der Waals surface area contributed by atoms with Crippen molar-refractivity contribution in [3.05, 3.63) is 46.6 Å². The van der Waals surface area contributed by atoms with Crippen LogP contribution in [0.1, 0.15) is 62.2 Å². The molecule has 0 unspecified atom stereocenters. The number of piperidine rings is 1. The molecule has 37 heavy (non-hydrogen) atoms.